The van der Waals surface area contributed by atoms with E-state index in [0.717, 1.165) is 11.1 Å². The Labute approximate surface area is 127 Å². The van der Waals surface area contributed by atoms with E-state index in [1.165, 1.54) is 6.07 Å². The van der Waals surface area contributed by atoms with Gasteiger partial charge in [0.1, 0.15) is 0 Å². The molecule has 3 N–H and O–H groups in total. The molecule has 0 saturated carbocycles. The van der Waals surface area contributed by atoms with Gasteiger partial charge in [-0.2, -0.15) is 0 Å². The maximum absolute atomic E-state index is 12.3. The fourth-order valence-corrected chi connectivity index (χ4v) is 3.89. The molecule has 6 heteroatoms. The van der Waals surface area contributed by atoms with Crippen LogP contribution in [0, 0.1) is 6.92 Å². The zero-order valence-electron chi connectivity index (χ0n) is 10.9. The van der Waals surface area contributed by atoms with E-state index in [-0.39, 0.29) is 11.4 Å². The first-order chi connectivity index (χ1) is 9.40. The minimum absolute atomic E-state index is 0.181. The molecule has 0 spiro atoms. The van der Waals surface area contributed by atoms with E-state index in [4.69, 9.17) is 5.73 Å². The van der Waals surface area contributed by atoms with Crippen molar-refractivity contribution in [3.05, 3.63) is 58.1 Å². The Morgan fingerprint density at radius 3 is 2.55 bits per heavy atom. The maximum atomic E-state index is 12.3. The molecule has 106 valence electrons. The molecule has 0 heterocycles. The summed E-state index contributed by atoms with van der Waals surface area (Å²) < 4.78 is 27.6. The van der Waals surface area contributed by atoms with Crippen molar-refractivity contribution >= 4 is 31.6 Å². The predicted molar refractivity (Wildman–Crippen MR) is 83.8 cm³/mol. The third-order valence-electron chi connectivity index (χ3n) is 2.96. The van der Waals surface area contributed by atoms with Crippen LogP contribution in [0.3, 0.4) is 0 Å². The van der Waals surface area contributed by atoms with Crippen LogP contribution in [0.5, 0.6) is 0 Å². The third kappa shape index (κ3) is 3.39. The monoisotopic (exact) mass is 354 g/mol. The number of rotatable bonds is 4. The molecule has 0 atom stereocenters. The number of nitrogens with two attached hydrogens (primary N) is 1. The molecular formula is C14H15BrN2O2S. The second-order valence-electron chi connectivity index (χ2n) is 4.44. The highest BCUT2D eigenvalue weighted by molar-refractivity contribution is 9.10. The summed E-state index contributed by atoms with van der Waals surface area (Å²) in [6.45, 7) is 2.20. The van der Waals surface area contributed by atoms with Crippen LogP contribution >= 0.6 is 15.9 Å². The van der Waals surface area contributed by atoms with Gasteiger partial charge in [0.05, 0.1) is 4.90 Å². The average molecular weight is 355 g/mol. The highest BCUT2D eigenvalue weighted by Gasteiger charge is 2.17. The lowest BCUT2D eigenvalue weighted by Gasteiger charge is -2.10. The van der Waals surface area contributed by atoms with Gasteiger partial charge in [0.25, 0.3) is 0 Å². The topological polar surface area (TPSA) is 72.2 Å². The van der Waals surface area contributed by atoms with E-state index in [1.54, 1.807) is 12.1 Å². The summed E-state index contributed by atoms with van der Waals surface area (Å²) in [6, 6.07) is 12.3. The maximum Gasteiger partial charge on any atom is 0.241 e. The molecule has 0 aliphatic rings. The van der Waals surface area contributed by atoms with Gasteiger partial charge in [-0.25, -0.2) is 13.1 Å². The molecule has 0 fully saturated rings. The molecule has 0 unspecified atom stereocenters. The quantitative estimate of drug-likeness (QED) is 0.829. The molecule has 4 nitrogen and oxygen atoms in total. The highest BCUT2D eigenvalue weighted by Crippen LogP contribution is 2.24. The Hall–Kier alpha value is -1.37. The average Bonchev–Trinajstić information content (AvgIpc) is 2.37. The molecule has 0 radical (unpaired) electrons. The predicted octanol–water partition coefficient (Wildman–Crippen LogP) is 2.82. The molecule has 20 heavy (non-hydrogen) atoms. The van der Waals surface area contributed by atoms with Gasteiger partial charge in [0, 0.05) is 16.7 Å². The molecule has 2 aromatic rings. The van der Waals surface area contributed by atoms with Crippen molar-refractivity contribution < 1.29 is 8.42 Å². The summed E-state index contributed by atoms with van der Waals surface area (Å²) >= 11 is 3.22. The van der Waals surface area contributed by atoms with Crippen molar-refractivity contribution in [1.82, 2.24) is 4.72 Å². The van der Waals surface area contributed by atoms with Crippen LogP contribution in [0.2, 0.25) is 0 Å². The summed E-state index contributed by atoms with van der Waals surface area (Å²) in [5.41, 5.74) is 8.11. The summed E-state index contributed by atoms with van der Waals surface area (Å²) in [4.78, 5) is 0.181. The second kappa shape index (κ2) is 5.95. The lowest BCUT2D eigenvalue weighted by atomic mass is 10.1. The van der Waals surface area contributed by atoms with Gasteiger partial charge in [-0.05, 0) is 52.2 Å². The minimum atomic E-state index is -3.58. The summed E-state index contributed by atoms with van der Waals surface area (Å²) in [7, 11) is -3.58. The number of aryl methyl sites for hydroxylation is 1. The smallest absolute Gasteiger partial charge is 0.241 e. The molecule has 0 amide bonds. The molecule has 0 aromatic heterocycles. The second-order valence-corrected chi connectivity index (χ2v) is 7.03. The van der Waals surface area contributed by atoms with Crippen LogP contribution in [-0.4, -0.2) is 8.42 Å². The number of halogens is 1. The fraction of sp³-hybridized carbons (Fsp3) is 0.143. The third-order valence-corrected chi connectivity index (χ3v) is 5.34. The lowest BCUT2D eigenvalue weighted by molar-refractivity contribution is 0.580. The van der Waals surface area contributed by atoms with Crippen molar-refractivity contribution in [1.29, 1.82) is 0 Å². The number of nitrogens with one attached hydrogen (secondary N) is 1. The van der Waals surface area contributed by atoms with E-state index in [1.807, 2.05) is 31.2 Å². The van der Waals surface area contributed by atoms with Crippen LogP contribution in [0.25, 0.3) is 0 Å². The molecule has 0 aliphatic heterocycles. The Morgan fingerprint density at radius 1 is 1.20 bits per heavy atom. The highest BCUT2D eigenvalue weighted by atomic mass is 79.9. The Morgan fingerprint density at radius 2 is 1.90 bits per heavy atom. The van der Waals surface area contributed by atoms with Crippen molar-refractivity contribution in [3.63, 3.8) is 0 Å². The van der Waals surface area contributed by atoms with Crippen LogP contribution in [0.1, 0.15) is 11.1 Å². The van der Waals surface area contributed by atoms with Gasteiger partial charge in [-0.1, -0.05) is 24.3 Å². The zero-order chi connectivity index (χ0) is 14.8. The number of anilines is 1. The van der Waals surface area contributed by atoms with Crippen LogP contribution in [-0.2, 0) is 16.6 Å². The van der Waals surface area contributed by atoms with E-state index in [0.29, 0.717) is 10.2 Å². The van der Waals surface area contributed by atoms with Gasteiger partial charge < -0.3 is 5.73 Å². The summed E-state index contributed by atoms with van der Waals surface area (Å²) in [5, 5.41) is 0. The van der Waals surface area contributed by atoms with Crippen molar-refractivity contribution in [3.8, 4) is 0 Å². The Kier molecular flexibility index (Phi) is 4.47. The van der Waals surface area contributed by atoms with E-state index in [9.17, 15) is 8.42 Å². The molecule has 0 saturated heterocycles. The van der Waals surface area contributed by atoms with Gasteiger partial charge in [0.15, 0.2) is 0 Å². The number of nitrogen functional groups attached to an aromatic ring is 1. The van der Waals surface area contributed by atoms with Crippen LogP contribution in [0.4, 0.5) is 5.69 Å². The van der Waals surface area contributed by atoms with Crippen molar-refractivity contribution in [2.45, 2.75) is 18.4 Å². The first kappa shape index (κ1) is 15.0. The standard InChI is InChI=1S/C14H15BrN2O2S/c1-10-4-2-3-5-11(10)9-17-20(18,19)14-7-6-12(16)8-13(14)15/h2-8,17H,9,16H2,1H3. The fourth-order valence-electron chi connectivity index (χ4n) is 1.79. The van der Waals surface area contributed by atoms with Crippen LogP contribution in [0.15, 0.2) is 51.8 Å². The van der Waals surface area contributed by atoms with Gasteiger partial charge >= 0.3 is 0 Å². The minimum Gasteiger partial charge on any atom is -0.399 e. The number of sulfonamides is 1. The van der Waals surface area contributed by atoms with E-state index in [2.05, 4.69) is 20.7 Å². The first-order valence-electron chi connectivity index (χ1n) is 5.99. The molecule has 2 aromatic carbocycles. The van der Waals surface area contributed by atoms with E-state index < -0.39 is 10.0 Å². The number of hydrogen-bond acceptors (Lipinski definition) is 3. The largest absolute Gasteiger partial charge is 0.399 e. The molecular weight excluding hydrogens is 340 g/mol. The van der Waals surface area contributed by atoms with Gasteiger partial charge in [-0.3, -0.25) is 0 Å². The van der Waals surface area contributed by atoms with Gasteiger partial charge in [-0.15, -0.1) is 0 Å². The number of hydrogen-bond donors (Lipinski definition) is 2. The Bertz CT molecular complexity index is 730. The normalized spacial score (nSPS) is 11.5. The van der Waals surface area contributed by atoms with Crippen LogP contribution < -0.4 is 10.5 Å². The molecule has 2 rings (SSSR count). The molecule has 0 bridgehead atoms. The molecule has 0 aliphatic carbocycles. The van der Waals surface area contributed by atoms with Crippen molar-refractivity contribution in [2.24, 2.45) is 0 Å². The first-order valence-corrected chi connectivity index (χ1v) is 8.27. The summed E-state index contributed by atoms with van der Waals surface area (Å²) in [5.74, 6) is 0. The van der Waals surface area contributed by atoms with Gasteiger partial charge in [0.2, 0.25) is 10.0 Å². The SMILES string of the molecule is Cc1ccccc1CNS(=O)(=O)c1ccc(N)cc1Br. The van der Waals surface area contributed by atoms with E-state index >= 15 is 0 Å². The van der Waals surface area contributed by atoms with Crippen molar-refractivity contribution in [2.75, 3.05) is 5.73 Å². The lowest BCUT2D eigenvalue weighted by Crippen LogP contribution is -2.24. The summed E-state index contributed by atoms with van der Waals surface area (Å²) in [6.07, 6.45) is 0. The Balaban J connectivity index is 2.22. The number of benzene rings is 2. The zero-order valence-corrected chi connectivity index (χ0v) is 13.3.